The minimum Gasteiger partial charge on any atom is -0.488 e. The SMILES string of the molecule is CCOP(=O)(CC=CCOc1cc([N+](=O)[O-])ccc1C#N)OCC. The van der Waals surface area contributed by atoms with Crippen LogP contribution in [0.5, 0.6) is 5.75 Å². The van der Waals surface area contributed by atoms with Crippen molar-refractivity contribution in [2.24, 2.45) is 0 Å². The molecule has 0 heterocycles. The van der Waals surface area contributed by atoms with E-state index in [4.69, 9.17) is 19.0 Å². The predicted octanol–water partition coefficient (Wildman–Crippen LogP) is 3.67. The van der Waals surface area contributed by atoms with E-state index in [1.165, 1.54) is 18.2 Å². The number of ether oxygens (including phenoxy) is 1. The molecule has 0 aromatic heterocycles. The fourth-order valence-electron chi connectivity index (χ4n) is 1.78. The lowest BCUT2D eigenvalue weighted by atomic mass is 10.2. The number of nitrogens with zero attached hydrogens (tertiary/aromatic N) is 2. The molecule has 0 aliphatic carbocycles. The van der Waals surface area contributed by atoms with Crippen molar-refractivity contribution in [3.63, 3.8) is 0 Å². The van der Waals surface area contributed by atoms with E-state index in [0.29, 0.717) is 0 Å². The Bertz CT molecular complexity index is 673. The van der Waals surface area contributed by atoms with E-state index in [-0.39, 0.29) is 43.0 Å². The maximum atomic E-state index is 12.2. The Morgan fingerprint density at radius 2 is 1.96 bits per heavy atom. The number of nitriles is 1. The number of nitro groups is 1. The van der Waals surface area contributed by atoms with Gasteiger partial charge in [-0.25, -0.2) is 0 Å². The van der Waals surface area contributed by atoms with Gasteiger partial charge in [0.15, 0.2) is 0 Å². The van der Waals surface area contributed by atoms with E-state index in [2.05, 4.69) is 0 Å². The molecular weight excluding hydrogens is 335 g/mol. The third-order valence-corrected chi connectivity index (χ3v) is 4.74. The number of rotatable bonds is 10. The van der Waals surface area contributed by atoms with Gasteiger partial charge < -0.3 is 13.8 Å². The highest BCUT2D eigenvalue weighted by molar-refractivity contribution is 7.54. The molecule has 9 heteroatoms. The van der Waals surface area contributed by atoms with Gasteiger partial charge in [0.05, 0.1) is 35.9 Å². The molecule has 0 atom stereocenters. The first-order valence-corrected chi connectivity index (χ1v) is 9.03. The molecule has 24 heavy (non-hydrogen) atoms. The molecule has 8 nitrogen and oxygen atoms in total. The Balaban J connectivity index is 2.67. The van der Waals surface area contributed by atoms with E-state index < -0.39 is 12.5 Å². The number of benzene rings is 1. The van der Waals surface area contributed by atoms with Crippen LogP contribution in [0.3, 0.4) is 0 Å². The van der Waals surface area contributed by atoms with Gasteiger partial charge in [-0.05, 0) is 19.9 Å². The summed E-state index contributed by atoms with van der Waals surface area (Å²) in [6.45, 7) is 4.07. The highest BCUT2D eigenvalue weighted by atomic mass is 31.2. The van der Waals surface area contributed by atoms with Gasteiger partial charge in [-0.15, -0.1) is 0 Å². The monoisotopic (exact) mass is 354 g/mol. The number of non-ortho nitro benzene ring substituents is 1. The molecule has 0 radical (unpaired) electrons. The summed E-state index contributed by atoms with van der Waals surface area (Å²) < 4.78 is 27.9. The van der Waals surface area contributed by atoms with Crippen molar-refractivity contribution in [1.29, 1.82) is 5.26 Å². The van der Waals surface area contributed by atoms with Gasteiger partial charge in [0, 0.05) is 6.07 Å². The molecule has 0 amide bonds. The minimum atomic E-state index is -3.15. The first-order valence-electron chi connectivity index (χ1n) is 7.30. The summed E-state index contributed by atoms with van der Waals surface area (Å²) >= 11 is 0. The maximum Gasteiger partial charge on any atom is 0.334 e. The van der Waals surface area contributed by atoms with E-state index in [1.807, 2.05) is 6.07 Å². The van der Waals surface area contributed by atoms with Crippen LogP contribution in [0.2, 0.25) is 0 Å². The lowest BCUT2D eigenvalue weighted by Crippen LogP contribution is -2.00. The molecule has 0 unspecified atom stereocenters. The third kappa shape index (κ3) is 6.13. The maximum absolute atomic E-state index is 12.2. The van der Waals surface area contributed by atoms with Gasteiger partial charge in [-0.1, -0.05) is 12.2 Å². The van der Waals surface area contributed by atoms with Crippen molar-refractivity contribution in [2.45, 2.75) is 13.8 Å². The summed E-state index contributed by atoms with van der Waals surface area (Å²) in [5.41, 5.74) is 0.0356. The van der Waals surface area contributed by atoms with Crippen LogP contribution < -0.4 is 4.74 Å². The molecule has 1 aromatic rings. The topological polar surface area (TPSA) is 112 Å². The fraction of sp³-hybridized carbons (Fsp3) is 0.400. The molecule has 0 aliphatic heterocycles. The number of allylic oxidation sites excluding steroid dienone is 1. The summed E-state index contributed by atoms with van der Waals surface area (Å²) in [6, 6.07) is 5.66. The average Bonchev–Trinajstić information content (AvgIpc) is 2.54. The molecule has 0 N–H and O–H groups in total. The minimum absolute atomic E-state index is 0.0636. The molecule has 1 rings (SSSR count). The van der Waals surface area contributed by atoms with Gasteiger partial charge >= 0.3 is 7.60 Å². The van der Waals surface area contributed by atoms with Gasteiger partial charge in [-0.2, -0.15) is 5.26 Å². The lowest BCUT2D eigenvalue weighted by molar-refractivity contribution is -0.384. The highest BCUT2D eigenvalue weighted by Gasteiger charge is 2.21. The van der Waals surface area contributed by atoms with Gasteiger partial charge in [-0.3, -0.25) is 14.7 Å². The molecule has 0 fully saturated rings. The zero-order valence-electron chi connectivity index (χ0n) is 13.5. The molecule has 0 spiro atoms. The largest absolute Gasteiger partial charge is 0.488 e. The van der Waals surface area contributed by atoms with Crippen molar-refractivity contribution in [3.8, 4) is 11.8 Å². The van der Waals surface area contributed by atoms with Crippen molar-refractivity contribution < 1.29 is 23.3 Å². The summed E-state index contributed by atoms with van der Waals surface area (Å²) in [4.78, 5) is 10.2. The Labute approximate surface area is 140 Å². The van der Waals surface area contributed by atoms with E-state index >= 15 is 0 Å². The second-order valence-corrected chi connectivity index (χ2v) is 6.56. The first kappa shape index (κ1) is 19.8. The van der Waals surface area contributed by atoms with Crippen LogP contribution in [-0.2, 0) is 13.6 Å². The van der Waals surface area contributed by atoms with Crippen molar-refractivity contribution in [1.82, 2.24) is 0 Å². The molecule has 130 valence electrons. The van der Waals surface area contributed by atoms with E-state index in [1.54, 1.807) is 26.0 Å². The van der Waals surface area contributed by atoms with E-state index in [0.717, 1.165) is 0 Å². The zero-order chi connectivity index (χ0) is 18.0. The van der Waals surface area contributed by atoms with Crippen LogP contribution in [0.1, 0.15) is 19.4 Å². The van der Waals surface area contributed by atoms with Crippen molar-refractivity contribution in [2.75, 3.05) is 26.0 Å². The van der Waals surface area contributed by atoms with Crippen LogP contribution in [0.4, 0.5) is 5.69 Å². The van der Waals surface area contributed by atoms with Gasteiger partial charge in [0.25, 0.3) is 5.69 Å². The van der Waals surface area contributed by atoms with Crippen molar-refractivity contribution in [3.05, 3.63) is 46.0 Å². The number of hydrogen-bond acceptors (Lipinski definition) is 7. The zero-order valence-corrected chi connectivity index (χ0v) is 14.4. The smallest absolute Gasteiger partial charge is 0.334 e. The number of nitro benzene ring substituents is 1. The van der Waals surface area contributed by atoms with Gasteiger partial charge in [0.2, 0.25) is 0 Å². The third-order valence-electron chi connectivity index (χ3n) is 2.78. The molecule has 1 aromatic carbocycles. The Morgan fingerprint density at radius 3 is 2.50 bits per heavy atom. The fourth-order valence-corrected chi connectivity index (χ4v) is 3.26. The molecule has 0 bridgehead atoms. The Kier molecular flexibility index (Phi) is 8.13. The summed E-state index contributed by atoms with van der Waals surface area (Å²) in [7, 11) is -3.15. The standard InChI is InChI=1S/C15H19N2O6P/c1-3-22-24(20,23-4-2)10-6-5-9-21-15-11-14(17(18)19)8-7-13(15)12-16/h5-8,11H,3-4,9-10H2,1-2H3. The van der Waals surface area contributed by atoms with Gasteiger partial charge in [0.1, 0.15) is 18.4 Å². The summed E-state index contributed by atoms with van der Waals surface area (Å²) in [5, 5.41) is 19.7. The average molecular weight is 354 g/mol. The highest BCUT2D eigenvalue weighted by Crippen LogP contribution is 2.47. The Hall–Kier alpha value is -2.20. The first-order chi connectivity index (χ1) is 11.5. The van der Waals surface area contributed by atoms with E-state index in [9.17, 15) is 14.7 Å². The second-order valence-electron chi connectivity index (χ2n) is 4.46. The molecule has 0 aliphatic rings. The molecular formula is C15H19N2O6P. The lowest BCUT2D eigenvalue weighted by Gasteiger charge is -2.14. The summed E-state index contributed by atoms with van der Waals surface area (Å²) in [6.07, 6.45) is 3.28. The normalized spacial score (nSPS) is 11.4. The molecule has 0 saturated heterocycles. The Morgan fingerprint density at radius 1 is 1.29 bits per heavy atom. The van der Waals surface area contributed by atoms with Crippen LogP contribution in [0, 0.1) is 21.4 Å². The quantitative estimate of drug-likeness (QED) is 0.273. The van der Waals surface area contributed by atoms with Crippen LogP contribution >= 0.6 is 7.60 Å². The van der Waals surface area contributed by atoms with Crippen LogP contribution in [0.25, 0.3) is 0 Å². The van der Waals surface area contributed by atoms with Crippen LogP contribution in [0.15, 0.2) is 30.4 Å². The second kappa shape index (κ2) is 9.83. The molecule has 0 saturated carbocycles. The summed E-state index contributed by atoms with van der Waals surface area (Å²) in [5.74, 6) is 0.120. The number of hydrogen-bond donors (Lipinski definition) is 0. The van der Waals surface area contributed by atoms with Crippen LogP contribution in [-0.4, -0.2) is 30.9 Å². The van der Waals surface area contributed by atoms with Crippen molar-refractivity contribution >= 4 is 13.3 Å². The predicted molar refractivity (Wildman–Crippen MR) is 88.2 cm³/mol.